The standard InChI is InChI=1S/C18H25NO7/c1-6-11(2)16(18(22)25-5)19-15(20)10-26-17(21)12-7-8-13(23-3)14(9-12)24-4/h7-9,11,16H,6,10H2,1-5H3,(H,19,20)/t11-,16-/m0/s1. The Balaban J connectivity index is 2.68. The second kappa shape index (κ2) is 10.3. The highest BCUT2D eigenvalue weighted by Crippen LogP contribution is 2.27. The molecular formula is C18H25NO7. The molecule has 2 atom stereocenters. The van der Waals surface area contributed by atoms with Crippen LogP contribution in [0.4, 0.5) is 0 Å². The lowest BCUT2D eigenvalue weighted by Gasteiger charge is -2.21. The van der Waals surface area contributed by atoms with Crippen LogP contribution in [0.3, 0.4) is 0 Å². The number of hydrogen-bond donors (Lipinski definition) is 1. The topological polar surface area (TPSA) is 100 Å². The summed E-state index contributed by atoms with van der Waals surface area (Å²) in [6.07, 6.45) is 0.672. The predicted molar refractivity (Wildman–Crippen MR) is 93.2 cm³/mol. The Bertz CT molecular complexity index is 644. The number of methoxy groups -OCH3 is 3. The van der Waals surface area contributed by atoms with Gasteiger partial charge in [-0.1, -0.05) is 20.3 Å². The van der Waals surface area contributed by atoms with Gasteiger partial charge in [-0.3, -0.25) is 4.79 Å². The van der Waals surface area contributed by atoms with Crippen molar-refractivity contribution in [3.05, 3.63) is 23.8 Å². The van der Waals surface area contributed by atoms with Gasteiger partial charge in [-0.2, -0.15) is 0 Å². The second-order valence-electron chi connectivity index (χ2n) is 5.60. The molecule has 8 nitrogen and oxygen atoms in total. The van der Waals surface area contributed by atoms with E-state index in [1.54, 1.807) is 6.07 Å². The van der Waals surface area contributed by atoms with E-state index < -0.39 is 30.5 Å². The number of esters is 2. The summed E-state index contributed by atoms with van der Waals surface area (Å²) in [4.78, 5) is 35.9. The van der Waals surface area contributed by atoms with E-state index in [2.05, 4.69) is 5.32 Å². The van der Waals surface area contributed by atoms with E-state index in [0.717, 1.165) is 0 Å². The predicted octanol–water partition coefficient (Wildman–Crippen LogP) is 1.56. The van der Waals surface area contributed by atoms with Gasteiger partial charge in [-0.05, 0) is 24.1 Å². The van der Waals surface area contributed by atoms with Gasteiger partial charge in [-0.25, -0.2) is 9.59 Å². The summed E-state index contributed by atoms with van der Waals surface area (Å²) >= 11 is 0. The average molecular weight is 367 g/mol. The van der Waals surface area contributed by atoms with Crippen molar-refractivity contribution in [2.45, 2.75) is 26.3 Å². The first kappa shape index (κ1) is 21.3. The van der Waals surface area contributed by atoms with E-state index in [1.165, 1.54) is 33.5 Å². The molecule has 0 unspecified atom stereocenters. The van der Waals surface area contributed by atoms with Gasteiger partial charge in [-0.15, -0.1) is 0 Å². The first-order valence-electron chi connectivity index (χ1n) is 8.14. The van der Waals surface area contributed by atoms with Crippen LogP contribution >= 0.6 is 0 Å². The molecule has 0 spiro atoms. The van der Waals surface area contributed by atoms with Gasteiger partial charge in [0.2, 0.25) is 0 Å². The summed E-state index contributed by atoms with van der Waals surface area (Å²) in [6, 6.07) is 3.72. The van der Waals surface area contributed by atoms with Crippen molar-refractivity contribution in [3.63, 3.8) is 0 Å². The minimum atomic E-state index is -0.794. The van der Waals surface area contributed by atoms with Crippen LogP contribution in [0.5, 0.6) is 11.5 Å². The number of carbonyl (C=O) groups is 3. The van der Waals surface area contributed by atoms with E-state index >= 15 is 0 Å². The van der Waals surface area contributed by atoms with Gasteiger partial charge >= 0.3 is 11.9 Å². The molecule has 1 N–H and O–H groups in total. The largest absolute Gasteiger partial charge is 0.493 e. The van der Waals surface area contributed by atoms with Crippen molar-refractivity contribution in [2.24, 2.45) is 5.92 Å². The summed E-state index contributed by atoms with van der Waals surface area (Å²) in [5.41, 5.74) is 0.210. The molecule has 0 fully saturated rings. The van der Waals surface area contributed by atoms with Crippen molar-refractivity contribution in [1.82, 2.24) is 5.32 Å². The fourth-order valence-corrected chi connectivity index (χ4v) is 2.19. The smallest absolute Gasteiger partial charge is 0.338 e. The Labute approximate surface area is 152 Å². The molecule has 26 heavy (non-hydrogen) atoms. The van der Waals surface area contributed by atoms with E-state index in [-0.39, 0.29) is 11.5 Å². The molecule has 0 saturated heterocycles. The number of carbonyl (C=O) groups excluding carboxylic acids is 3. The van der Waals surface area contributed by atoms with Gasteiger partial charge in [0.25, 0.3) is 5.91 Å². The number of rotatable bonds is 9. The number of hydrogen-bond acceptors (Lipinski definition) is 7. The maximum absolute atomic E-state index is 12.1. The van der Waals surface area contributed by atoms with Crippen LogP contribution in [0.15, 0.2) is 18.2 Å². The van der Waals surface area contributed by atoms with Crippen molar-refractivity contribution in [3.8, 4) is 11.5 Å². The molecule has 0 saturated carbocycles. The Kier molecular flexibility index (Phi) is 8.41. The van der Waals surface area contributed by atoms with E-state index in [0.29, 0.717) is 17.9 Å². The van der Waals surface area contributed by atoms with Crippen LogP contribution in [-0.2, 0) is 19.1 Å². The van der Waals surface area contributed by atoms with Gasteiger partial charge in [0.1, 0.15) is 6.04 Å². The molecule has 0 aliphatic rings. The number of benzene rings is 1. The van der Waals surface area contributed by atoms with E-state index in [1.807, 2.05) is 13.8 Å². The minimum Gasteiger partial charge on any atom is -0.493 e. The zero-order valence-electron chi connectivity index (χ0n) is 15.7. The maximum Gasteiger partial charge on any atom is 0.338 e. The van der Waals surface area contributed by atoms with Crippen LogP contribution in [-0.4, -0.2) is 51.8 Å². The molecule has 0 bridgehead atoms. The van der Waals surface area contributed by atoms with Crippen molar-refractivity contribution in [2.75, 3.05) is 27.9 Å². The molecule has 1 aromatic rings. The highest BCUT2D eigenvalue weighted by atomic mass is 16.5. The van der Waals surface area contributed by atoms with Crippen LogP contribution in [0.2, 0.25) is 0 Å². The monoisotopic (exact) mass is 367 g/mol. The first-order chi connectivity index (χ1) is 12.4. The number of nitrogens with one attached hydrogen (secondary N) is 1. The zero-order chi connectivity index (χ0) is 19.7. The third kappa shape index (κ3) is 5.65. The van der Waals surface area contributed by atoms with Crippen LogP contribution in [0, 0.1) is 5.92 Å². The second-order valence-corrected chi connectivity index (χ2v) is 5.60. The highest BCUT2D eigenvalue weighted by Gasteiger charge is 2.27. The molecule has 1 aromatic carbocycles. The van der Waals surface area contributed by atoms with Gasteiger partial charge in [0, 0.05) is 0 Å². The lowest BCUT2D eigenvalue weighted by atomic mass is 9.99. The highest BCUT2D eigenvalue weighted by molar-refractivity contribution is 5.92. The van der Waals surface area contributed by atoms with Gasteiger partial charge in [0.05, 0.1) is 26.9 Å². The van der Waals surface area contributed by atoms with Crippen LogP contribution < -0.4 is 14.8 Å². The van der Waals surface area contributed by atoms with E-state index in [9.17, 15) is 14.4 Å². The molecule has 1 amide bonds. The van der Waals surface area contributed by atoms with Crippen LogP contribution in [0.1, 0.15) is 30.6 Å². The lowest BCUT2D eigenvalue weighted by molar-refractivity contribution is -0.147. The third-order valence-corrected chi connectivity index (χ3v) is 3.94. The van der Waals surface area contributed by atoms with Crippen molar-refractivity contribution >= 4 is 17.8 Å². The molecular weight excluding hydrogens is 342 g/mol. The molecule has 8 heteroatoms. The van der Waals surface area contributed by atoms with Gasteiger partial charge < -0.3 is 24.3 Å². The van der Waals surface area contributed by atoms with E-state index in [4.69, 9.17) is 18.9 Å². The average Bonchev–Trinajstić information content (AvgIpc) is 2.68. The van der Waals surface area contributed by atoms with Crippen LogP contribution in [0.25, 0.3) is 0 Å². The maximum atomic E-state index is 12.1. The Morgan fingerprint density at radius 1 is 1.08 bits per heavy atom. The third-order valence-electron chi connectivity index (χ3n) is 3.94. The first-order valence-corrected chi connectivity index (χ1v) is 8.14. The molecule has 0 aliphatic heterocycles. The lowest BCUT2D eigenvalue weighted by Crippen LogP contribution is -2.47. The summed E-state index contributed by atoms with van der Waals surface area (Å²) in [5.74, 6) is -1.11. The van der Waals surface area contributed by atoms with Gasteiger partial charge in [0.15, 0.2) is 18.1 Å². The quantitative estimate of drug-likeness (QED) is 0.661. The Hall–Kier alpha value is -2.77. The minimum absolute atomic E-state index is 0.118. The molecule has 144 valence electrons. The molecule has 0 aromatic heterocycles. The van der Waals surface area contributed by atoms with Crippen molar-refractivity contribution in [1.29, 1.82) is 0 Å². The normalized spacial score (nSPS) is 12.5. The SMILES string of the molecule is CC[C@H](C)[C@H](NC(=O)COC(=O)c1ccc(OC)c(OC)c1)C(=O)OC. The van der Waals surface area contributed by atoms with Crippen molar-refractivity contribution < 1.29 is 33.3 Å². The summed E-state index contributed by atoms with van der Waals surface area (Å²) in [5, 5.41) is 2.53. The number of amides is 1. The molecule has 0 aliphatic carbocycles. The number of ether oxygens (including phenoxy) is 4. The fraction of sp³-hybridized carbons (Fsp3) is 0.500. The molecule has 1 rings (SSSR count). The summed E-state index contributed by atoms with van der Waals surface area (Å²) in [6.45, 7) is 3.19. The zero-order valence-corrected chi connectivity index (χ0v) is 15.7. The summed E-state index contributed by atoms with van der Waals surface area (Å²) < 4.78 is 19.9. The Morgan fingerprint density at radius 2 is 1.73 bits per heavy atom. The molecule has 0 radical (unpaired) electrons. The molecule has 0 heterocycles. The Morgan fingerprint density at radius 3 is 2.27 bits per heavy atom. The summed E-state index contributed by atoms with van der Waals surface area (Å²) in [7, 11) is 4.18. The fourth-order valence-electron chi connectivity index (χ4n) is 2.19.